The molecule has 132 valence electrons. The van der Waals surface area contributed by atoms with Crippen LogP contribution < -0.4 is 10.9 Å². The van der Waals surface area contributed by atoms with Crippen LogP contribution in [0.3, 0.4) is 0 Å². The maximum atomic E-state index is 13.7. The average Bonchev–Trinajstić information content (AvgIpc) is 2.60. The van der Waals surface area contributed by atoms with Crippen molar-refractivity contribution in [3.8, 4) is 0 Å². The Morgan fingerprint density at radius 1 is 1.08 bits per heavy atom. The normalized spacial score (nSPS) is 10.6. The topological polar surface area (TPSA) is 51.1 Å². The number of aromatic nitrogens is 1. The van der Waals surface area contributed by atoms with Crippen molar-refractivity contribution in [2.45, 2.75) is 6.54 Å². The highest BCUT2D eigenvalue weighted by Gasteiger charge is 2.12. The summed E-state index contributed by atoms with van der Waals surface area (Å²) in [6.07, 6.45) is 1.36. The van der Waals surface area contributed by atoms with Crippen molar-refractivity contribution in [1.82, 2.24) is 4.57 Å². The number of rotatable bonds is 4. The molecule has 3 aromatic rings. The molecule has 1 N–H and O–H groups in total. The SMILES string of the molecule is O=C(Nc1cc(F)ccc1F)c1ccc(=O)n(Cc2cccc(Cl)c2)c1. The standard InChI is InChI=1S/C19H13ClF2N2O2/c20-14-3-1-2-12(8-14)10-24-11-13(4-7-18(24)25)19(26)23-17-9-15(21)5-6-16(17)22/h1-9,11H,10H2,(H,23,26). The molecule has 1 heterocycles. The van der Waals surface area contributed by atoms with Gasteiger partial charge in [-0.25, -0.2) is 8.78 Å². The molecule has 1 amide bonds. The maximum Gasteiger partial charge on any atom is 0.257 e. The molecule has 0 bridgehead atoms. The molecule has 2 aromatic carbocycles. The summed E-state index contributed by atoms with van der Waals surface area (Å²) in [4.78, 5) is 24.3. The second kappa shape index (κ2) is 7.49. The Bertz CT molecular complexity index is 1030. The van der Waals surface area contributed by atoms with Crippen molar-refractivity contribution in [1.29, 1.82) is 0 Å². The van der Waals surface area contributed by atoms with Crippen LogP contribution in [-0.2, 0) is 6.54 Å². The molecule has 0 aliphatic rings. The summed E-state index contributed by atoms with van der Waals surface area (Å²) in [6, 6.07) is 12.3. The van der Waals surface area contributed by atoms with Gasteiger partial charge in [-0.2, -0.15) is 0 Å². The van der Waals surface area contributed by atoms with Crippen LogP contribution in [0.4, 0.5) is 14.5 Å². The number of anilines is 1. The van der Waals surface area contributed by atoms with Gasteiger partial charge in [0.15, 0.2) is 0 Å². The van der Waals surface area contributed by atoms with E-state index in [-0.39, 0.29) is 23.4 Å². The molecule has 3 rings (SSSR count). The van der Waals surface area contributed by atoms with E-state index in [0.29, 0.717) is 5.02 Å². The molecule has 0 radical (unpaired) electrons. The number of hydrogen-bond donors (Lipinski definition) is 1. The van der Waals surface area contributed by atoms with E-state index in [1.165, 1.54) is 22.9 Å². The van der Waals surface area contributed by atoms with E-state index < -0.39 is 17.5 Å². The van der Waals surface area contributed by atoms with E-state index in [2.05, 4.69) is 5.32 Å². The van der Waals surface area contributed by atoms with Crippen LogP contribution in [-0.4, -0.2) is 10.5 Å². The molecule has 0 saturated heterocycles. The third kappa shape index (κ3) is 4.15. The summed E-state index contributed by atoms with van der Waals surface area (Å²) in [5.74, 6) is -2.09. The van der Waals surface area contributed by atoms with Gasteiger partial charge in [0.2, 0.25) is 0 Å². The Morgan fingerprint density at radius 2 is 1.88 bits per heavy atom. The first-order valence-corrected chi connectivity index (χ1v) is 8.01. The fourth-order valence-electron chi connectivity index (χ4n) is 2.41. The van der Waals surface area contributed by atoms with Crippen LogP contribution in [0.1, 0.15) is 15.9 Å². The molecule has 0 saturated carbocycles. The van der Waals surface area contributed by atoms with Gasteiger partial charge in [-0.1, -0.05) is 23.7 Å². The number of carbonyl (C=O) groups is 1. The highest BCUT2D eigenvalue weighted by Crippen LogP contribution is 2.16. The zero-order valence-corrected chi connectivity index (χ0v) is 14.1. The number of amides is 1. The van der Waals surface area contributed by atoms with E-state index in [4.69, 9.17) is 11.6 Å². The lowest BCUT2D eigenvalue weighted by molar-refractivity contribution is 0.102. The predicted octanol–water partition coefficient (Wildman–Crippen LogP) is 4.08. The number of nitrogens with one attached hydrogen (secondary N) is 1. The molecule has 7 heteroatoms. The molecule has 26 heavy (non-hydrogen) atoms. The van der Waals surface area contributed by atoms with E-state index in [9.17, 15) is 18.4 Å². The number of benzene rings is 2. The number of hydrogen-bond acceptors (Lipinski definition) is 2. The number of pyridine rings is 1. The average molecular weight is 375 g/mol. The maximum absolute atomic E-state index is 13.7. The Hall–Kier alpha value is -2.99. The minimum absolute atomic E-state index is 0.135. The highest BCUT2D eigenvalue weighted by atomic mass is 35.5. The third-order valence-corrected chi connectivity index (χ3v) is 3.90. The molecule has 0 unspecified atom stereocenters. The number of halogens is 3. The smallest absolute Gasteiger partial charge is 0.257 e. The van der Waals surface area contributed by atoms with Gasteiger partial charge in [0.1, 0.15) is 11.6 Å². The minimum atomic E-state index is -0.757. The molecule has 0 aliphatic carbocycles. The van der Waals surface area contributed by atoms with Crippen molar-refractivity contribution in [2.24, 2.45) is 0 Å². The van der Waals surface area contributed by atoms with Crippen LogP contribution in [0.15, 0.2) is 65.6 Å². The summed E-state index contributed by atoms with van der Waals surface area (Å²) in [6.45, 7) is 0.217. The molecular formula is C19H13ClF2N2O2. The van der Waals surface area contributed by atoms with Crippen LogP contribution in [0.2, 0.25) is 5.02 Å². The minimum Gasteiger partial charge on any atom is -0.319 e. The monoisotopic (exact) mass is 374 g/mol. The van der Waals surface area contributed by atoms with Gasteiger partial charge in [0.05, 0.1) is 17.8 Å². The van der Waals surface area contributed by atoms with Crippen molar-refractivity contribution < 1.29 is 13.6 Å². The lowest BCUT2D eigenvalue weighted by Crippen LogP contribution is -2.22. The quantitative estimate of drug-likeness (QED) is 0.748. The van der Waals surface area contributed by atoms with Crippen molar-refractivity contribution in [2.75, 3.05) is 5.32 Å². The van der Waals surface area contributed by atoms with Gasteiger partial charge in [0.25, 0.3) is 11.5 Å². The van der Waals surface area contributed by atoms with E-state index >= 15 is 0 Å². The summed E-state index contributed by atoms with van der Waals surface area (Å²) >= 11 is 5.93. The Balaban J connectivity index is 1.85. The molecule has 1 aromatic heterocycles. The Morgan fingerprint density at radius 3 is 2.65 bits per heavy atom. The van der Waals surface area contributed by atoms with E-state index in [0.717, 1.165) is 23.8 Å². The second-order valence-corrected chi connectivity index (χ2v) is 6.03. The van der Waals surface area contributed by atoms with Crippen LogP contribution in [0, 0.1) is 11.6 Å². The first-order chi connectivity index (χ1) is 12.4. The zero-order chi connectivity index (χ0) is 18.7. The molecule has 4 nitrogen and oxygen atoms in total. The Kier molecular flexibility index (Phi) is 5.14. The predicted molar refractivity (Wildman–Crippen MR) is 95.6 cm³/mol. The van der Waals surface area contributed by atoms with Gasteiger partial charge in [-0.15, -0.1) is 0 Å². The second-order valence-electron chi connectivity index (χ2n) is 5.59. The fraction of sp³-hybridized carbons (Fsp3) is 0.0526. The van der Waals surface area contributed by atoms with Crippen LogP contribution >= 0.6 is 11.6 Å². The van der Waals surface area contributed by atoms with Gasteiger partial charge >= 0.3 is 0 Å². The molecule has 0 fully saturated rings. The van der Waals surface area contributed by atoms with Gasteiger partial charge in [-0.05, 0) is 35.9 Å². The van der Waals surface area contributed by atoms with Crippen LogP contribution in [0.25, 0.3) is 0 Å². The molecule has 0 spiro atoms. The van der Waals surface area contributed by atoms with Crippen LogP contribution in [0.5, 0.6) is 0 Å². The lowest BCUT2D eigenvalue weighted by atomic mass is 10.2. The first kappa shape index (κ1) is 17.8. The fourth-order valence-corrected chi connectivity index (χ4v) is 2.62. The van der Waals surface area contributed by atoms with E-state index in [1.54, 1.807) is 24.3 Å². The van der Waals surface area contributed by atoms with Gasteiger partial charge < -0.3 is 9.88 Å². The van der Waals surface area contributed by atoms with Crippen molar-refractivity contribution >= 4 is 23.2 Å². The number of carbonyl (C=O) groups excluding carboxylic acids is 1. The number of nitrogens with zero attached hydrogens (tertiary/aromatic N) is 1. The zero-order valence-electron chi connectivity index (χ0n) is 13.4. The Labute approximate surface area is 152 Å². The largest absolute Gasteiger partial charge is 0.319 e. The third-order valence-electron chi connectivity index (χ3n) is 3.66. The summed E-state index contributed by atoms with van der Waals surface area (Å²) in [7, 11) is 0. The summed E-state index contributed by atoms with van der Waals surface area (Å²) in [5, 5.41) is 2.83. The van der Waals surface area contributed by atoms with Crippen molar-refractivity contribution in [3.63, 3.8) is 0 Å². The summed E-state index contributed by atoms with van der Waals surface area (Å²) in [5.41, 5.74) is 0.338. The lowest BCUT2D eigenvalue weighted by Gasteiger charge is -2.10. The summed E-state index contributed by atoms with van der Waals surface area (Å²) < 4.78 is 28.2. The molecule has 0 atom stereocenters. The van der Waals surface area contributed by atoms with Gasteiger partial charge in [0, 0.05) is 23.4 Å². The van der Waals surface area contributed by atoms with Gasteiger partial charge in [-0.3, -0.25) is 9.59 Å². The van der Waals surface area contributed by atoms with E-state index in [1.807, 2.05) is 0 Å². The molecule has 0 aliphatic heterocycles. The first-order valence-electron chi connectivity index (χ1n) is 7.64. The van der Waals surface area contributed by atoms with Crippen molar-refractivity contribution in [3.05, 3.63) is 98.9 Å². The highest BCUT2D eigenvalue weighted by molar-refractivity contribution is 6.30. The molecular weight excluding hydrogens is 362 g/mol.